The summed E-state index contributed by atoms with van der Waals surface area (Å²) in [6.45, 7) is 7.33. The topological polar surface area (TPSA) is 29.3 Å². The summed E-state index contributed by atoms with van der Waals surface area (Å²) in [4.78, 5) is 0. The lowest BCUT2D eigenvalue weighted by molar-refractivity contribution is 0.797. The van der Waals surface area contributed by atoms with Crippen molar-refractivity contribution in [1.29, 1.82) is 0 Å². The number of hydrogen-bond acceptors (Lipinski definition) is 2. The molecule has 3 rings (SSSR count). The molecule has 0 saturated heterocycles. The van der Waals surface area contributed by atoms with E-state index >= 15 is 0 Å². The molecule has 3 nitrogen and oxygen atoms in total. The van der Waals surface area contributed by atoms with E-state index in [0.717, 1.165) is 17.8 Å². The van der Waals surface area contributed by atoms with Crippen LogP contribution in [0.3, 0.4) is 0 Å². The number of benzene rings is 2. The fourth-order valence-corrected chi connectivity index (χ4v) is 2.63. The number of hydrazone groups is 1. The van der Waals surface area contributed by atoms with Gasteiger partial charge in [-0.1, -0.05) is 24.3 Å². The fourth-order valence-electron chi connectivity index (χ4n) is 2.63. The van der Waals surface area contributed by atoms with Crippen LogP contribution in [0.1, 0.15) is 23.6 Å². The first kappa shape index (κ1) is 14.4. The van der Waals surface area contributed by atoms with E-state index in [1.807, 2.05) is 6.21 Å². The smallest absolute Gasteiger partial charge is 0.0566 e. The summed E-state index contributed by atoms with van der Waals surface area (Å²) >= 11 is 0. The van der Waals surface area contributed by atoms with Crippen LogP contribution in [-0.2, 0) is 6.54 Å². The molecule has 112 valence electrons. The molecule has 0 aliphatic rings. The molecule has 0 atom stereocenters. The number of anilines is 1. The van der Waals surface area contributed by atoms with Gasteiger partial charge in [0, 0.05) is 29.2 Å². The summed E-state index contributed by atoms with van der Waals surface area (Å²) in [6, 6.07) is 14.7. The van der Waals surface area contributed by atoms with Crippen molar-refractivity contribution in [2.45, 2.75) is 27.3 Å². The Bertz CT molecular complexity index is 828. The van der Waals surface area contributed by atoms with Gasteiger partial charge >= 0.3 is 0 Å². The molecule has 0 saturated carbocycles. The molecular weight excluding hydrogens is 270 g/mol. The van der Waals surface area contributed by atoms with E-state index in [0.29, 0.717) is 0 Å². The zero-order chi connectivity index (χ0) is 15.5. The van der Waals surface area contributed by atoms with Gasteiger partial charge in [-0.25, -0.2) is 0 Å². The lowest BCUT2D eigenvalue weighted by Gasteiger charge is -2.03. The second kappa shape index (κ2) is 6.06. The predicted octanol–water partition coefficient (Wildman–Crippen LogP) is 4.72. The van der Waals surface area contributed by atoms with E-state index in [1.54, 1.807) is 0 Å². The van der Waals surface area contributed by atoms with Crippen LogP contribution >= 0.6 is 0 Å². The molecule has 0 aliphatic carbocycles. The second-order valence-corrected chi connectivity index (χ2v) is 5.56. The minimum absolute atomic E-state index is 0.957. The van der Waals surface area contributed by atoms with E-state index in [-0.39, 0.29) is 0 Å². The van der Waals surface area contributed by atoms with Gasteiger partial charge in [-0.2, -0.15) is 5.10 Å². The normalized spacial score (nSPS) is 11.4. The van der Waals surface area contributed by atoms with E-state index in [4.69, 9.17) is 0 Å². The highest BCUT2D eigenvalue weighted by Crippen LogP contribution is 2.20. The molecule has 0 fully saturated rings. The summed E-state index contributed by atoms with van der Waals surface area (Å²) in [5, 5.41) is 5.62. The van der Waals surface area contributed by atoms with Crippen LogP contribution in [0.5, 0.6) is 0 Å². The minimum atomic E-state index is 0.957. The number of aromatic nitrogens is 1. The number of para-hydroxylation sites is 1. The summed E-state index contributed by atoms with van der Waals surface area (Å²) in [7, 11) is 0. The minimum Gasteiger partial charge on any atom is -0.347 e. The van der Waals surface area contributed by atoms with Crippen LogP contribution in [0.15, 0.2) is 53.8 Å². The van der Waals surface area contributed by atoms with Gasteiger partial charge < -0.3 is 4.57 Å². The quantitative estimate of drug-likeness (QED) is 0.547. The maximum atomic E-state index is 4.39. The van der Waals surface area contributed by atoms with Gasteiger partial charge in [-0.3, -0.25) is 5.43 Å². The SMILES string of the molecule is CCn1cc(/C=N/Nc2ccc(C)c(C)c2)c2ccccc21. The molecule has 0 radical (unpaired) electrons. The van der Waals surface area contributed by atoms with Gasteiger partial charge in [0.1, 0.15) is 0 Å². The van der Waals surface area contributed by atoms with Crippen molar-refractivity contribution >= 4 is 22.8 Å². The number of nitrogens with one attached hydrogen (secondary N) is 1. The first-order valence-corrected chi connectivity index (χ1v) is 7.63. The van der Waals surface area contributed by atoms with E-state index in [9.17, 15) is 0 Å². The van der Waals surface area contributed by atoms with Gasteiger partial charge in [0.25, 0.3) is 0 Å². The van der Waals surface area contributed by atoms with Crippen LogP contribution in [0.2, 0.25) is 0 Å². The van der Waals surface area contributed by atoms with E-state index < -0.39 is 0 Å². The number of rotatable bonds is 4. The Kier molecular flexibility index (Phi) is 3.96. The van der Waals surface area contributed by atoms with Crippen LogP contribution in [-0.4, -0.2) is 10.8 Å². The fraction of sp³-hybridized carbons (Fsp3) is 0.211. The summed E-state index contributed by atoms with van der Waals surface area (Å²) < 4.78 is 2.24. The Labute approximate surface area is 131 Å². The first-order valence-electron chi connectivity index (χ1n) is 7.63. The molecular formula is C19H21N3. The first-order chi connectivity index (χ1) is 10.7. The van der Waals surface area contributed by atoms with Crippen molar-refractivity contribution in [2.24, 2.45) is 5.10 Å². The zero-order valence-electron chi connectivity index (χ0n) is 13.3. The maximum Gasteiger partial charge on any atom is 0.0566 e. The van der Waals surface area contributed by atoms with Crippen LogP contribution < -0.4 is 5.43 Å². The van der Waals surface area contributed by atoms with Crippen LogP contribution in [0, 0.1) is 13.8 Å². The third kappa shape index (κ3) is 2.75. The molecule has 22 heavy (non-hydrogen) atoms. The molecule has 1 heterocycles. The Morgan fingerprint density at radius 1 is 1.09 bits per heavy atom. The van der Waals surface area contributed by atoms with Crippen molar-refractivity contribution in [2.75, 3.05) is 5.43 Å². The zero-order valence-corrected chi connectivity index (χ0v) is 13.3. The van der Waals surface area contributed by atoms with Crippen molar-refractivity contribution in [3.05, 3.63) is 65.4 Å². The van der Waals surface area contributed by atoms with Crippen molar-refractivity contribution in [3.8, 4) is 0 Å². The molecule has 3 heteroatoms. The number of aryl methyl sites for hydroxylation is 3. The monoisotopic (exact) mass is 291 g/mol. The van der Waals surface area contributed by atoms with Gasteiger partial charge in [0.05, 0.1) is 11.9 Å². The molecule has 1 aromatic heterocycles. The lowest BCUT2D eigenvalue weighted by Crippen LogP contribution is -1.92. The molecule has 0 bridgehead atoms. The molecule has 2 aromatic carbocycles. The van der Waals surface area contributed by atoms with Gasteiger partial charge in [0.2, 0.25) is 0 Å². The number of fused-ring (bicyclic) bond motifs is 1. The van der Waals surface area contributed by atoms with Gasteiger partial charge in [-0.15, -0.1) is 0 Å². The number of hydrogen-bond donors (Lipinski definition) is 1. The highest BCUT2D eigenvalue weighted by atomic mass is 15.3. The van der Waals surface area contributed by atoms with Gasteiger partial charge in [0.15, 0.2) is 0 Å². The van der Waals surface area contributed by atoms with E-state index in [1.165, 1.54) is 22.0 Å². The Balaban J connectivity index is 1.85. The molecule has 0 amide bonds. The van der Waals surface area contributed by atoms with Gasteiger partial charge in [-0.05, 0) is 50.1 Å². The predicted molar refractivity (Wildman–Crippen MR) is 94.7 cm³/mol. The molecule has 0 unspecified atom stereocenters. The molecule has 0 spiro atoms. The Hall–Kier alpha value is -2.55. The summed E-state index contributed by atoms with van der Waals surface area (Å²) in [6.07, 6.45) is 4.04. The van der Waals surface area contributed by atoms with Crippen molar-refractivity contribution in [1.82, 2.24) is 4.57 Å². The lowest BCUT2D eigenvalue weighted by atomic mass is 10.1. The van der Waals surface area contributed by atoms with Crippen LogP contribution in [0.25, 0.3) is 10.9 Å². The van der Waals surface area contributed by atoms with Crippen molar-refractivity contribution in [3.63, 3.8) is 0 Å². The third-order valence-corrected chi connectivity index (χ3v) is 4.06. The molecule has 3 aromatic rings. The summed E-state index contributed by atoms with van der Waals surface area (Å²) in [5.74, 6) is 0. The molecule has 0 aliphatic heterocycles. The highest BCUT2D eigenvalue weighted by molar-refractivity contribution is 5.99. The average molecular weight is 291 g/mol. The van der Waals surface area contributed by atoms with E-state index in [2.05, 4.69) is 84.5 Å². The molecule has 1 N–H and O–H groups in total. The largest absolute Gasteiger partial charge is 0.347 e. The Morgan fingerprint density at radius 2 is 1.91 bits per heavy atom. The van der Waals surface area contributed by atoms with Crippen molar-refractivity contribution < 1.29 is 0 Å². The maximum absolute atomic E-state index is 4.39. The Morgan fingerprint density at radius 3 is 2.68 bits per heavy atom. The highest BCUT2D eigenvalue weighted by Gasteiger charge is 2.04. The summed E-state index contributed by atoms with van der Waals surface area (Å²) in [5.41, 5.74) is 9.07. The van der Waals surface area contributed by atoms with Crippen LogP contribution in [0.4, 0.5) is 5.69 Å². The third-order valence-electron chi connectivity index (χ3n) is 4.06. The average Bonchev–Trinajstić information content (AvgIpc) is 2.89. The standard InChI is InChI=1S/C19H21N3/c1-4-22-13-16(18-7-5-6-8-19(18)22)12-20-21-17-10-9-14(2)15(3)11-17/h5-13,21H,4H2,1-3H3/b20-12+. The number of nitrogens with zero attached hydrogens (tertiary/aromatic N) is 2. The second-order valence-electron chi connectivity index (χ2n) is 5.56.